The Hall–Kier alpha value is -3.94. The minimum atomic E-state index is -4.49. The van der Waals surface area contributed by atoms with Crippen LogP contribution in [0.5, 0.6) is 5.88 Å². The molecule has 0 atom stereocenters. The van der Waals surface area contributed by atoms with Gasteiger partial charge in [-0.2, -0.15) is 18.3 Å². The van der Waals surface area contributed by atoms with Crippen LogP contribution in [0.1, 0.15) is 12.0 Å². The molecule has 3 aromatic heterocycles. The number of nitrogens with zero attached hydrogens (tertiary/aromatic N) is 5. The van der Waals surface area contributed by atoms with Crippen molar-refractivity contribution in [3.8, 4) is 5.88 Å². The molecule has 3 heterocycles. The molecule has 0 fully saturated rings. The standard InChI is InChI=1S/C22H22ClF4N7O3/c1-33(6-7-37-19-3-2-14(8-30-19)22(25,26)27)20(36)13-34-12-15(9-31-34)32-18(35)4-5-29-21-16(23)10-28-11-17(21)24/h2-3,8-12H,4-7,13H2,1H3,(H,28,29)(H,32,35). The summed E-state index contributed by atoms with van der Waals surface area (Å²) in [6.07, 6.45) is 1.33. The molecule has 0 aliphatic heterocycles. The molecule has 0 aromatic carbocycles. The van der Waals surface area contributed by atoms with E-state index in [-0.39, 0.29) is 61.1 Å². The van der Waals surface area contributed by atoms with E-state index in [9.17, 15) is 27.2 Å². The molecule has 37 heavy (non-hydrogen) atoms. The first-order chi connectivity index (χ1) is 17.5. The van der Waals surface area contributed by atoms with Crippen molar-refractivity contribution in [3.63, 3.8) is 0 Å². The Morgan fingerprint density at radius 3 is 2.65 bits per heavy atom. The van der Waals surface area contributed by atoms with Crippen LogP contribution in [0.15, 0.2) is 43.1 Å². The molecule has 0 spiro atoms. The number of amides is 2. The molecule has 0 bridgehead atoms. The largest absolute Gasteiger partial charge is 0.476 e. The summed E-state index contributed by atoms with van der Waals surface area (Å²) in [6.45, 7) is 0.172. The zero-order valence-corrected chi connectivity index (χ0v) is 20.2. The van der Waals surface area contributed by atoms with Crippen LogP contribution in [0, 0.1) is 5.82 Å². The van der Waals surface area contributed by atoms with Gasteiger partial charge in [0.2, 0.25) is 17.7 Å². The summed E-state index contributed by atoms with van der Waals surface area (Å²) in [7, 11) is 1.53. The number of pyridine rings is 2. The summed E-state index contributed by atoms with van der Waals surface area (Å²) in [6, 6.07) is 1.96. The Kier molecular flexibility index (Phi) is 9.22. The van der Waals surface area contributed by atoms with Crippen LogP contribution >= 0.6 is 11.6 Å². The minimum absolute atomic E-state index is 0.00511. The van der Waals surface area contributed by atoms with Gasteiger partial charge < -0.3 is 20.3 Å². The highest BCUT2D eigenvalue weighted by atomic mass is 35.5. The molecular weight excluding hydrogens is 522 g/mol. The molecule has 3 rings (SSSR count). The number of alkyl halides is 3. The molecule has 0 aliphatic rings. The van der Waals surface area contributed by atoms with E-state index in [4.69, 9.17) is 16.3 Å². The van der Waals surface area contributed by atoms with Gasteiger partial charge in [0.15, 0.2) is 5.82 Å². The van der Waals surface area contributed by atoms with Crippen LogP contribution in [0.4, 0.5) is 28.9 Å². The van der Waals surface area contributed by atoms with E-state index in [1.807, 2.05) is 0 Å². The van der Waals surface area contributed by atoms with Crippen molar-refractivity contribution in [2.45, 2.75) is 19.1 Å². The highest BCUT2D eigenvalue weighted by Crippen LogP contribution is 2.29. The summed E-state index contributed by atoms with van der Waals surface area (Å²) in [4.78, 5) is 33.1. The number of hydrogen-bond acceptors (Lipinski definition) is 7. The summed E-state index contributed by atoms with van der Waals surface area (Å²) in [5.41, 5.74) is -0.463. The lowest BCUT2D eigenvalue weighted by atomic mass is 10.3. The Balaban J connectivity index is 1.38. The fourth-order valence-electron chi connectivity index (χ4n) is 2.92. The van der Waals surface area contributed by atoms with Gasteiger partial charge in [0.05, 0.1) is 40.9 Å². The number of aromatic nitrogens is 4. The molecule has 198 valence electrons. The predicted octanol–water partition coefficient (Wildman–Crippen LogP) is 3.46. The number of likely N-dealkylation sites (N-methyl/N-ethyl adjacent to an activating group) is 1. The minimum Gasteiger partial charge on any atom is -0.476 e. The highest BCUT2D eigenvalue weighted by Gasteiger charge is 2.30. The van der Waals surface area contributed by atoms with E-state index in [1.165, 1.54) is 35.2 Å². The van der Waals surface area contributed by atoms with Gasteiger partial charge in [0.25, 0.3) is 0 Å². The molecule has 2 N–H and O–H groups in total. The zero-order valence-electron chi connectivity index (χ0n) is 19.4. The molecule has 0 aliphatic carbocycles. The molecule has 10 nitrogen and oxygen atoms in total. The molecule has 2 amide bonds. The predicted molar refractivity (Wildman–Crippen MR) is 126 cm³/mol. The van der Waals surface area contributed by atoms with Crippen LogP contribution in [0.25, 0.3) is 0 Å². The summed E-state index contributed by atoms with van der Waals surface area (Å²) < 4.78 is 58.0. The van der Waals surface area contributed by atoms with Crippen molar-refractivity contribution in [2.24, 2.45) is 0 Å². The van der Waals surface area contributed by atoms with Gasteiger partial charge in [-0.3, -0.25) is 19.3 Å². The number of anilines is 2. The third kappa shape index (κ3) is 8.31. The van der Waals surface area contributed by atoms with Gasteiger partial charge in [-0.1, -0.05) is 11.6 Å². The van der Waals surface area contributed by atoms with Gasteiger partial charge in [-0.05, 0) is 6.07 Å². The lowest BCUT2D eigenvalue weighted by Gasteiger charge is -2.17. The Morgan fingerprint density at radius 2 is 1.97 bits per heavy atom. The molecule has 0 unspecified atom stereocenters. The number of carbonyl (C=O) groups is 2. The second-order valence-corrected chi connectivity index (χ2v) is 8.08. The van der Waals surface area contributed by atoms with Crippen LogP contribution in [-0.4, -0.2) is 63.2 Å². The van der Waals surface area contributed by atoms with Crippen LogP contribution in [0.3, 0.4) is 0 Å². The third-order valence-corrected chi connectivity index (χ3v) is 5.17. The third-order valence-electron chi connectivity index (χ3n) is 4.89. The quantitative estimate of drug-likeness (QED) is 0.356. The molecule has 15 heteroatoms. The van der Waals surface area contributed by atoms with Crippen molar-refractivity contribution in [2.75, 3.05) is 37.4 Å². The van der Waals surface area contributed by atoms with Gasteiger partial charge >= 0.3 is 6.18 Å². The van der Waals surface area contributed by atoms with Crippen molar-refractivity contribution in [1.82, 2.24) is 24.6 Å². The highest BCUT2D eigenvalue weighted by molar-refractivity contribution is 6.33. The van der Waals surface area contributed by atoms with E-state index >= 15 is 0 Å². The number of hydrogen-bond donors (Lipinski definition) is 2. The summed E-state index contributed by atoms with van der Waals surface area (Å²) in [5, 5.41) is 9.49. The van der Waals surface area contributed by atoms with Crippen LogP contribution in [0.2, 0.25) is 5.02 Å². The van der Waals surface area contributed by atoms with Crippen molar-refractivity contribution in [3.05, 3.63) is 59.5 Å². The number of halogens is 5. The van der Waals surface area contributed by atoms with Crippen molar-refractivity contribution in [1.29, 1.82) is 0 Å². The van der Waals surface area contributed by atoms with Gasteiger partial charge in [-0.15, -0.1) is 0 Å². The molecule has 0 radical (unpaired) electrons. The number of rotatable bonds is 11. The van der Waals surface area contributed by atoms with Gasteiger partial charge in [0.1, 0.15) is 13.2 Å². The van der Waals surface area contributed by atoms with Gasteiger partial charge in [0, 0.05) is 44.7 Å². The average molecular weight is 544 g/mol. The lowest BCUT2D eigenvalue weighted by Crippen LogP contribution is -2.33. The number of carbonyl (C=O) groups excluding carboxylic acids is 2. The SMILES string of the molecule is CN(CCOc1ccc(C(F)(F)F)cn1)C(=O)Cn1cc(NC(=O)CCNc2c(F)cncc2Cl)cn1. The fourth-order valence-corrected chi connectivity index (χ4v) is 3.14. The number of ether oxygens (including phenoxy) is 1. The second kappa shape index (κ2) is 12.3. The average Bonchev–Trinajstić information content (AvgIpc) is 3.27. The first-order valence-electron chi connectivity index (χ1n) is 10.8. The van der Waals surface area contributed by atoms with Crippen LogP contribution in [-0.2, 0) is 22.3 Å². The normalized spacial score (nSPS) is 11.2. The Morgan fingerprint density at radius 1 is 1.19 bits per heavy atom. The summed E-state index contributed by atoms with van der Waals surface area (Å²) in [5.74, 6) is -1.31. The Bertz CT molecular complexity index is 1200. The molecule has 0 saturated carbocycles. The maximum Gasteiger partial charge on any atom is 0.417 e. The topological polar surface area (TPSA) is 114 Å². The van der Waals surface area contributed by atoms with Crippen LogP contribution < -0.4 is 15.4 Å². The fraction of sp³-hybridized carbons (Fsp3) is 0.318. The summed E-state index contributed by atoms with van der Waals surface area (Å²) >= 11 is 5.86. The molecule has 0 saturated heterocycles. The maximum atomic E-state index is 13.7. The van der Waals surface area contributed by atoms with Gasteiger partial charge in [-0.25, -0.2) is 9.37 Å². The lowest BCUT2D eigenvalue weighted by molar-refractivity contribution is -0.138. The van der Waals surface area contributed by atoms with Crippen molar-refractivity contribution >= 4 is 34.8 Å². The first kappa shape index (κ1) is 27.6. The zero-order chi connectivity index (χ0) is 27.0. The van der Waals surface area contributed by atoms with E-state index in [2.05, 4.69) is 25.7 Å². The van der Waals surface area contributed by atoms with E-state index in [0.717, 1.165) is 18.3 Å². The second-order valence-electron chi connectivity index (χ2n) is 7.68. The van der Waals surface area contributed by atoms with Crippen molar-refractivity contribution < 1.29 is 31.9 Å². The maximum absolute atomic E-state index is 13.7. The molecule has 3 aromatic rings. The Labute approximate surface area is 213 Å². The van der Waals surface area contributed by atoms with E-state index in [0.29, 0.717) is 11.9 Å². The monoisotopic (exact) mass is 543 g/mol. The first-order valence-corrected chi connectivity index (χ1v) is 11.2. The number of nitrogens with one attached hydrogen (secondary N) is 2. The van der Waals surface area contributed by atoms with E-state index in [1.54, 1.807) is 0 Å². The van der Waals surface area contributed by atoms with E-state index < -0.39 is 17.6 Å². The smallest absolute Gasteiger partial charge is 0.417 e. The molecular formula is C22H22ClF4N7O3.